The highest BCUT2D eigenvalue weighted by atomic mass is 14.6. The third-order valence-electron chi connectivity index (χ3n) is 1.51. The summed E-state index contributed by atoms with van der Waals surface area (Å²) in [5.41, 5.74) is 1.02. The summed E-state index contributed by atoms with van der Waals surface area (Å²) in [6.07, 6.45) is 9.94. The van der Waals surface area contributed by atoms with Crippen molar-refractivity contribution in [3.05, 3.63) is 48.8 Å². The fourth-order valence-electron chi connectivity index (χ4n) is 0.893. The van der Waals surface area contributed by atoms with E-state index in [9.17, 15) is 0 Å². The van der Waals surface area contributed by atoms with E-state index in [0.29, 0.717) is 0 Å². The number of allylic oxidation sites excluding steroid dienone is 2. The molecule has 1 heteroatoms. The molecule has 0 unspecified atom stereocenters. The SMILES string of the molecule is C=CCC/C=C/c1ccccn1. The molecule has 0 aromatic carbocycles. The van der Waals surface area contributed by atoms with E-state index in [1.54, 1.807) is 6.20 Å². The van der Waals surface area contributed by atoms with E-state index < -0.39 is 0 Å². The minimum absolute atomic E-state index is 1.02. The summed E-state index contributed by atoms with van der Waals surface area (Å²) in [5.74, 6) is 0. The zero-order chi connectivity index (χ0) is 8.65. The van der Waals surface area contributed by atoms with Crippen LogP contribution in [0.15, 0.2) is 43.1 Å². The lowest BCUT2D eigenvalue weighted by molar-refractivity contribution is 1.06. The molecule has 0 bridgehead atoms. The van der Waals surface area contributed by atoms with Gasteiger partial charge in [0.15, 0.2) is 0 Å². The number of unbranched alkanes of at least 4 members (excludes halogenated alkanes) is 1. The van der Waals surface area contributed by atoms with E-state index in [1.165, 1.54) is 0 Å². The summed E-state index contributed by atoms with van der Waals surface area (Å²) in [6, 6.07) is 5.89. The van der Waals surface area contributed by atoms with Gasteiger partial charge in [-0.1, -0.05) is 18.2 Å². The predicted octanol–water partition coefficient (Wildman–Crippen LogP) is 3.06. The second-order valence-corrected chi connectivity index (χ2v) is 2.52. The van der Waals surface area contributed by atoms with E-state index in [4.69, 9.17) is 0 Å². The van der Waals surface area contributed by atoms with Gasteiger partial charge >= 0.3 is 0 Å². The van der Waals surface area contributed by atoms with Crippen LogP contribution in [0.3, 0.4) is 0 Å². The van der Waals surface area contributed by atoms with Crippen molar-refractivity contribution >= 4 is 6.08 Å². The lowest BCUT2D eigenvalue weighted by Gasteiger charge is -1.89. The number of hydrogen-bond acceptors (Lipinski definition) is 1. The Morgan fingerprint density at radius 1 is 1.33 bits per heavy atom. The van der Waals surface area contributed by atoms with Gasteiger partial charge in [0.25, 0.3) is 0 Å². The Morgan fingerprint density at radius 3 is 2.92 bits per heavy atom. The Balaban J connectivity index is 2.41. The Bertz CT molecular complexity index is 249. The summed E-state index contributed by atoms with van der Waals surface area (Å²) < 4.78 is 0. The third kappa shape index (κ3) is 3.15. The molecule has 0 fully saturated rings. The highest BCUT2D eigenvalue weighted by Gasteiger charge is 1.82. The van der Waals surface area contributed by atoms with Gasteiger partial charge in [-0.15, -0.1) is 6.58 Å². The minimum Gasteiger partial charge on any atom is -0.257 e. The quantitative estimate of drug-likeness (QED) is 0.486. The van der Waals surface area contributed by atoms with Crippen molar-refractivity contribution in [1.29, 1.82) is 0 Å². The maximum absolute atomic E-state index is 4.16. The number of pyridine rings is 1. The Hall–Kier alpha value is -1.37. The van der Waals surface area contributed by atoms with Crippen molar-refractivity contribution in [2.45, 2.75) is 12.8 Å². The fraction of sp³-hybridized carbons (Fsp3) is 0.182. The van der Waals surface area contributed by atoms with Gasteiger partial charge in [0.05, 0.1) is 5.69 Å². The van der Waals surface area contributed by atoms with Crippen LogP contribution in [0.2, 0.25) is 0 Å². The van der Waals surface area contributed by atoms with Crippen molar-refractivity contribution in [1.82, 2.24) is 4.98 Å². The second kappa shape index (κ2) is 5.30. The van der Waals surface area contributed by atoms with Crippen LogP contribution in [-0.4, -0.2) is 4.98 Å². The largest absolute Gasteiger partial charge is 0.257 e. The number of aromatic nitrogens is 1. The molecular formula is C11H13N. The molecule has 1 aromatic heterocycles. The average Bonchev–Trinajstić information content (AvgIpc) is 2.14. The van der Waals surface area contributed by atoms with E-state index in [-0.39, 0.29) is 0 Å². The van der Waals surface area contributed by atoms with Crippen LogP contribution in [0, 0.1) is 0 Å². The first-order valence-electron chi connectivity index (χ1n) is 4.12. The summed E-state index contributed by atoms with van der Waals surface area (Å²) in [5, 5.41) is 0. The average molecular weight is 159 g/mol. The standard InChI is InChI=1S/C11H13N/c1-2-3-4-5-8-11-9-6-7-10-12-11/h2,5-10H,1,3-4H2/b8-5+. The van der Waals surface area contributed by atoms with Crippen molar-refractivity contribution in [3.63, 3.8) is 0 Å². The van der Waals surface area contributed by atoms with Gasteiger partial charge < -0.3 is 0 Å². The van der Waals surface area contributed by atoms with E-state index in [0.717, 1.165) is 18.5 Å². The number of rotatable bonds is 4. The first-order chi connectivity index (χ1) is 5.93. The molecule has 1 heterocycles. The summed E-state index contributed by atoms with van der Waals surface area (Å²) in [4.78, 5) is 4.16. The summed E-state index contributed by atoms with van der Waals surface area (Å²) >= 11 is 0. The Labute approximate surface area is 73.5 Å². The highest BCUT2D eigenvalue weighted by molar-refractivity contribution is 5.43. The number of nitrogens with zero attached hydrogens (tertiary/aromatic N) is 1. The molecule has 0 radical (unpaired) electrons. The normalized spacial score (nSPS) is 10.3. The molecule has 12 heavy (non-hydrogen) atoms. The van der Waals surface area contributed by atoms with Crippen LogP contribution in [0.1, 0.15) is 18.5 Å². The fourth-order valence-corrected chi connectivity index (χ4v) is 0.893. The Morgan fingerprint density at radius 2 is 2.25 bits per heavy atom. The van der Waals surface area contributed by atoms with Crippen LogP contribution in [0.25, 0.3) is 6.08 Å². The lowest BCUT2D eigenvalue weighted by atomic mass is 10.2. The maximum Gasteiger partial charge on any atom is 0.0626 e. The first-order valence-corrected chi connectivity index (χ1v) is 4.12. The third-order valence-corrected chi connectivity index (χ3v) is 1.51. The summed E-state index contributed by atoms with van der Waals surface area (Å²) in [6.45, 7) is 3.66. The molecule has 0 atom stereocenters. The molecule has 62 valence electrons. The zero-order valence-corrected chi connectivity index (χ0v) is 7.11. The molecule has 0 aliphatic rings. The molecule has 1 rings (SSSR count). The predicted molar refractivity (Wildman–Crippen MR) is 52.7 cm³/mol. The molecule has 0 aliphatic heterocycles. The van der Waals surface area contributed by atoms with Crippen molar-refractivity contribution < 1.29 is 0 Å². The molecule has 0 saturated carbocycles. The van der Waals surface area contributed by atoms with E-state index in [2.05, 4.69) is 17.6 Å². The van der Waals surface area contributed by atoms with Crippen LogP contribution in [0.5, 0.6) is 0 Å². The van der Waals surface area contributed by atoms with E-state index in [1.807, 2.05) is 30.4 Å². The lowest BCUT2D eigenvalue weighted by Crippen LogP contribution is -1.75. The van der Waals surface area contributed by atoms with Crippen molar-refractivity contribution in [3.8, 4) is 0 Å². The second-order valence-electron chi connectivity index (χ2n) is 2.52. The van der Waals surface area contributed by atoms with Gasteiger partial charge in [0.2, 0.25) is 0 Å². The van der Waals surface area contributed by atoms with Gasteiger partial charge in [-0.25, -0.2) is 0 Å². The molecule has 1 aromatic rings. The maximum atomic E-state index is 4.16. The van der Waals surface area contributed by atoms with Gasteiger partial charge in [-0.3, -0.25) is 4.98 Å². The summed E-state index contributed by atoms with van der Waals surface area (Å²) in [7, 11) is 0. The molecule has 0 aliphatic carbocycles. The monoisotopic (exact) mass is 159 g/mol. The molecule has 0 N–H and O–H groups in total. The zero-order valence-electron chi connectivity index (χ0n) is 7.11. The highest BCUT2D eigenvalue weighted by Crippen LogP contribution is 1.99. The van der Waals surface area contributed by atoms with Crippen LogP contribution in [0.4, 0.5) is 0 Å². The van der Waals surface area contributed by atoms with Gasteiger partial charge in [-0.05, 0) is 31.1 Å². The Kier molecular flexibility index (Phi) is 3.86. The van der Waals surface area contributed by atoms with Gasteiger partial charge in [0.1, 0.15) is 0 Å². The van der Waals surface area contributed by atoms with Crippen LogP contribution in [-0.2, 0) is 0 Å². The van der Waals surface area contributed by atoms with Gasteiger partial charge in [-0.2, -0.15) is 0 Å². The van der Waals surface area contributed by atoms with E-state index >= 15 is 0 Å². The minimum atomic E-state index is 1.02. The first kappa shape index (κ1) is 8.72. The number of hydrogen-bond donors (Lipinski definition) is 0. The topological polar surface area (TPSA) is 12.9 Å². The van der Waals surface area contributed by atoms with Crippen molar-refractivity contribution in [2.24, 2.45) is 0 Å². The molecule has 0 spiro atoms. The smallest absolute Gasteiger partial charge is 0.0626 e. The molecule has 0 amide bonds. The van der Waals surface area contributed by atoms with Crippen LogP contribution >= 0.6 is 0 Å². The van der Waals surface area contributed by atoms with Crippen molar-refractivity contribution in [2.75, 3.05) is 0 Å². The van der Waals surface area contributed by atoms with Gasteiger partial charge in [0, 0.05) is 6.20 Å². The van der Waals surface area contributed by atoms with Crippen LogP contribution < -0.4 is 0 Å². The molecule has 1 nitrogen and oxygen atoms in total. The molecule has 0 saturated heterocycles. The molecular weight excluding hydrogens is 146 g/mol.